The number of hydrogen-bond donors (Lipinski definition) is 0. The topological polar surface area (TPSA) is 26.8 Å². The van der Waals surface area contributed by atoms with Crippen LogP contribution in [-0.4, -0.2) is 17.5 Å². The summed E-state index contributed by atoms with van der Waals surface area (Å²) in [6, 6.07) is 7.14. The molecule has 0 saturated carbocycles. The van der Waals surface area contributed by atoms with Crippen molar-refractivity contribution in [3.63, 3.8) is 0 Å². The Bertz CT molecular complexity index is 434. The highest BCUT2D eigenvalue weighted by Gasteiger charge is 2.34. The highest BCUT2D eigenvalue weighted by atomic mass is 19.4. The maximum Gasteiger partial charge on any atom is 0.416 e. The monoisotopic (exact) mass is 226 g/mol. The van der Waals surface area contributed by atoms with Gasteiger partial charge in [0.25, 0.3) is 0 Å². The number of nitrogens with zero attached hydrogens (tertiary/aromatic N) is 2. The summed E-state index contributed by atoms with van der Waals surface area (Å²) in [5.41, 5.74) is -0.0482. The second-order valence-corrected chi connectivity index (χ2v) is 3.77. The van der Waals surface area contributed by atoms with Crippen LogP contribution in [0, 0.1) is 11.3 Å². The quantitative estimate of drug-likeness (QED) is 0.724. The van der Waals surface area contributed by atoms with Gasteiger partial charge in [0.15, 0.2) is 0 Å². The smallest absolute Gasteiger partial charge is 0.280 e. The molecule has 1 aromatic rings. The van der Waals surface area contributed by atoms with Crippen molar-refractivity contribution in [1.29, 1.82) is 5.26 Å². The van der Waals surface area contributed by atoms with Crippen molar-refractivity contribution < 1.29 is 13.2 Å². The molecule has 1 aliphatic rings. The van der Waals surface area contributed by atoms with E-state index in [1.165, 1.54) is 6.07 Å². The van der Waals surface area contributed by atoms with Crippen LogP contribution in [0.4, 0.5) is 13.2 Å². The lowest BCUT2D eigenvalue weighted by Gasteiger charge is -2.08. The van der Waals surface area contributed by atoms with E-state index in [4.69, 9.17) is 5.26 Å². The van der Waals surface area contributed by atoms with Crippen LogP contribution in [0.15, 0.2) is 24.3 Å². The molecule has 1 heterocycles. The fraction of sp³-hybridized carbons (Fsp3) is 0.364. The molecule has 2 atom stereocenters. The number of nitriles is 1. The van der Waals surface area contributed by atoms with Gasteiger partial charge in [0.05, 0.1) is 11.6 Å². The van der Waals surface area contributed by atoms with Gasteiger partial charge in [-0.3, -0.25) is 4.90 Å². The fourth-order valence-corrected chi connectivity index (χ4v) is 1.55. The first-order valence-corrected chi connectivity index (χ1v) is 4.80. The van der Waals surface area contributed by atoms with Gasteiger partial charge >= 0.3 is 6.18 Å². The minimum absolute atomic E-state index is 0.130. The number of hydrogen-bond acceptors (Lipinski definition) is 2. The standard InChI is InChI=1S/C11H9F3N2/c12-11(13,14)9-3-1-2-8(4-9)6-16-7-10(16)5-15/h1-4,10H,6-7H2. The number of alkyl halides is 3. The van der Waals surface area contributed by atoms with E-state index < -0.39 is 11.7 Å². The Kier molecular flexibility index (Phi) is 2.60. The molecule has 0 bridgehead atoms. The lowest BCUT2D eigenvalue weighted by atomic mass is 10.1. The molecule has 0 aromatic heterocycles. The van der Waals surface area contributed by atoms with E-state index in [-0.39, 0.29) is 6.04 Å². The van der Waals surface area contributed by atoms with Gasteiger partial charge in [-0.15, -0.1) is 0 Å². The van der Waals surface area contributed by atoms with Gasteiger partial charge < -0.3 is 0 Å². The van der Waals surface area contributed by atoms with E-state index >= 15 is 0 Å². The molecule has 0 amide bonds. The normalized spacial score (nSPS) is 23.9. The minimum Gasteiger partial charge on any atom is -0.280 e. The van der Waals surface area contributed by atoms with Crippen LogP contribution in [-0.2, 0) is 12.7 Å². The Morgan fingerprint density at radius 1 is 1.44 bits per heavy atom. The minimum atomic E-state index is -4.30. The van der Waals surface area contributed by atoms with Gasteiger partial charge in [-0.05, 0) is 11.6 Å². The molecule has 0 N–H and O–H groups in total. The summed E-state index contributed by atoms with van der Waals surface area (Å²) >= 11 is 0. The van der Waals surface area contributed by atoms with Crippen molar-refractivity contribution in [2.75, 3.05) is 6.54 Å². The zero-order valence-corrected chi connectivity index (χ0v) is 8.33. The highest BCUT2D eigenvalue weighted by Crippen LogP contribution is 2.30. The zero-order valence-electron chi connectivity index (χ0n) is 8.33. The molecule has 1 aliphatic heterocycles. The van der Waals surface area contributed by atoms with E-state index in [9.17, 15) is 13.2 Å². The first-order valence-electron chi connectivity index (χ1n) is 4.80. The molecule has 0 spiro atoms. The van der Waals surface area contributed by atoms with Crippen LogP contribution in [0.5, 0.6) is 0 Å². The Morgan fingerprint density at radius 2 is 2.19 bits per heavy atom. The van der Waals surface area contributed by atoms with E-state index in [2.05, 4.69) is 6.07 Å². The molecule has 84 valence electrons. The summed E-state index contributed by atoms with van der Waals surface area (Å²) in [6.45, 7) is 1.05. The SMILES string of the molecule is N#CC1CN1Cc1cccc(C(F)(F)F)c1. The zero-order chi connectivity index (χ0) is 11.8. The summed E-state index contributed by atoms with van der Waals surface area (Å²) in [5.74, 6) is 0. The molecular weight excluding hydrogens is 217 g/mol. The van der Waals surface area contributed by atoms with Crippen molar-refractivity contribution >= 4 is 0 Å². The average Bonchev–Trinajstić information content (AvgIpc) is 2.95. The molecule has 2 rings (SSSR count). The molecule has 1 fully saturated rings. The molecule has 1 saturated heterocycles. The maximum atomic E-state index is 12.4. The molecule has 0 aliphatic carbocycles. The summed E-state index contributed by atoms with van der Waals surface area (Å²) < 4.78 is 37.2. The lowest BCUT2D eigenvalue weighted by Crippen LogP contribution is -2.07. The van der Waals surface area contributed by atoms with Crippen LogP contribution >= 0.6 is 0 Å². The van der Waals surface area contributed by atoms with E-state index in [1.807, 2.05) is 4.90 Å². The van der Waals surface area contributed by atoms with Crippen LogP contribution in [0.25, 0.3) is 0 Å². The van der Waals surface area contributed by atoms with Gasteiger partial charge in [0.1, 0.15) is 6.04 Å². The third-order valence-corrected chi connectivity index (χ3v) is 2.50. The van der Waals surface area contributed by atoms with Gasteiger partial charge in [-0.2, -0.15) is 18.4 Å². The Labute approximate surface area is 90.9 Å². The van der Waals surface area contributed by atoms with E-state index in [0.29, 0.717) is 18.7 Å². The van der Waals surface area contributed by atoms with E-state index in [1.54, 1.807) is 6.07 Å². The molecule has 2 nitrogen and oxygen atoms in total. The van der Waals surface area contributed by atoms with Gasteiger partial charge in [0, 0.05) is 13.1 Å². The second kappa shape index (κ2) is 3.80. The van der Waals surface area contributed by atoms with Crippen LogP contribution < -0.4 is 0 Å². The molecule has 5 heteroatoms. The third kappa shape index (κ3) is 2.34. The Morgan fingerprint density at radius 3 is 2.75 bits per heavy atom. The molecule has 16 heavy (non-hydrogen) atoms. The van der Waals surface area contributed by atoms with Crippen LogP contribution in [0.3, 0.4) is 0 Å². The highest BCUT2D eigenvalue weighted by molar-refractivity contribution is 5.26. The van der Waals surface area contributed by atoms with Crippen molar-refractivity contribution in [2.24, 2.45) is 0 Å². The third-order valence-electron chi connectivity index (χ3n) is 2.50. The summed E-state index contributed by atoms with van der Waals surface area (Å²) in [6.07, 6.45) is -4.30. The molecule has 2 unspecified atom stereocenters. The molecule has 1 aromatic carbocycles. The number of rotatable bonds is 2. The van der Waals surface area contributed by atoms with Crippen molar-refractivity contribution in [3.8, 4) is 6.07 Å². The average molecular weight is 226 g/mol. The van der Waals surface area contributed by atoms with E-state index in [0.717, 1.165) is 12.1 Å². The van der Waals surface area contributed by atoms with Crippen LogP contribution in [0.1, 0.15) is 11.1 Å². The second-order valence-electron chi connectivity index (χ2n) is 3.77. The molecule has 0 radical (unpaired) electrons. The summed E-state index contributed by atoms with van der Waals surface area (Å²) in [7, 11) is 0. The van der Waals surface area contributed by atoms with Gasteiger partial charge in [-0.1, -0.05) is 18.2 Å². The van der Waals surface area contributed by atoms with Crippen molar-refractivity contribution in [3.05, 3.63) is 35.4 Å². The fourth-order valence-electron chi connectivity index (χ4n) is 1.55. The number of benzene rings is 1. The molecular formula is C11H9F3N2. The van der Waals surface area contributed by atoms with Crippen LogP contribution in [0.2, 0.25) is 0 Å². The summed E-state index contributed by atoms with van der Waals surface area (Å²) in [4.78, 5) is 1.81. The predicted molar refractivity (Wildman–Crippen MR) is 51.3 cm³/mol. The largest absolute Gasteiger partial charge is 0.416 e. The Hall–Kier alpha value is -1.54. The Balaban J connectivity index is 2.09. The van der Waals surface area contributed by atoms with Gasteiger partial charge in [-0.25, -0.2) is 0 Å². The number of halogens is 3. The maximum absolute atomic E-state index is 12.4. The lowest BCUT2D eigenvalue weighted by molar-refractivity contribution is -0.137. The first-order chi connectivity index (χ1) is 7.50. The summed E-state index contributed by atoms with van der Waals surface area (Å²) in [5, 5.41) is 8.57. The van der Waals surface area contributed by atoms with Gasteiger partial charge in [0.2, 0.25) is 0 Å². The first kappa shape index (κ1) is 11.0. The van der Waals surface area contributed by atoms with Crippen molar-refractivity contribution in [1.82, 2.24) is 4.90 Å². The predicted octanol–water partition coefficient (Wildman–Crippen LogP) is 2.41. The van der Waals surface area contributed by atoms with Crippen molar-refractivity contribution in [2.45, 2.75) is 18.8 Å².